The molecule has 0 saturated carbocycles. The van der Waals surface area contributed by atoms with Gasteiger partial charge in [0, 0.05) is 14.6 Å². The molecule has 0 radical (unpaired) electrons. The van der Waals surface area contributed by atoms with Crippen LogP contribution in [0.1, 0.15) is 5.56 Å². The van der Waals surface area contributed by atoms with Gasteiger partial charge in [-0.1, -0.05) is 0 Å². The van der Waals surface area contributed by atoms with Gasteiger partial charge in [-0.3, -0.25) is 0 Å². The van der Waals surface area contributed by atoms with Crippen molar-refractivity contribution in [3.63, 3.8) is 0 Å². The Morgan fingerprint density at radius 3 is 2.73 bits per heavy atom. The third-order valence-corrected chi connectivity index (χ3v) is 3.93. The smallest absolute Gasteiger partial charge is 0.124 e. The van der Waals surface area contributed by atoms with Gasteiger partial charge in [-0.15, -0.1) is 0 Å². The second-order valence-corrected chi connectivity index (χ2v) is 4.00. The van der Waals surface area contributed by atoms with Gasteiger partial charge >= 0.3 is 0 Å². The van der Waals surface area contributed by atoms with Crippen LogP contribution < -0.4 is 5.73 Å². The average Bonchev–Trinajstić information content (AvgIpc) is 1.96. The van der Waals surface area contributed by atoms with Crippen LogP contribution >= 0.6 is 38.5 Å². The Morgan fingerprint density at radius 2 is 2.18 bits per heavy atom. The molecule has 2 N–H and O–H groups in total. The van der Waals surface area contributed by atoms with Crippen LogP contribution in [0.5, 0.6) is 0 Å². The molecule has 0 heterocycles. The lowest BCUT2D eigenvalue weighted by Gasteiger charge is -2.02. The molecule has 0 aliphatic carbocycles. The molecule has 11 heavy (non-hydrogen) atoms. The second kappa shape index (κ2) is 3.82. The number of rotatable bonds is 1. The SMILES string of the molecule is NCc1cc(F)cc(Br)c1I. The highest BCUT2D eigenvalue weighted by Gasteiger charge is 2.04. The van der Waals surface area contributed by atoms with Crippen molar-refractivity contribution in [2.75, 3.05) is 0 Å². The molecular weight excluding hydrogens is 324 g/mol. The normalized spacial score (nSPS) is 10.2. The number of halogens is 3. The molecule has 0 fully saturated rings. The predicted octanol–water partition coefficient (Wildman–Crippen LogP) is 2.65. The summed E-state index contributed by atoms with van der Waals surface area (Å²) in [5, 5.41) is 0. The molecule has 0 spiro atoms. The fraction of sp³-hybridized carbons (Fsp3) is 0.143. The van der Waals surface area contributed by atoms with E-state index in [2.05, 4.69) is 38.5 Å². The number of nitrogens with two attached hydrogens (primary N) is 1. The highest BCUT2D eigenvalue weighted by Crippen LogP contribution is 2.23. The first kappa shape index (κ1) is 9.41. The minimum absolute atomic E-state index is 0.252. The molecule has 0 aliphatic heterocycles. The Balaban J connectivity index is 3.24. The second-order valence-electron chi connectivity index (χ2n) is 2.06. The highest BCUT2D eigenvalue weighted by atomic mass is 127. The molecule has 0 aromatic heterocycles. The molecular formula is C7H6BrFIN. The predicted molar refractivity (Wildman–Crippen MR) is 54.7 cm³/mol. The summed E-state index contributed by atoms with van der Waals surface area (Å²) in [6.07, 6.45) is 0. The van der Waals surface area contributed by atoms with Crippen LogP contribution in [0.2, 0.25) is 0 Å². The monoisotopic (exact) mass is 329 g/mol. The largest absolute Gasteiger partial charge is 0.326 e. The molecule has 0 aliphatic rings. The Bertz CT molecular complexity index is 277. The first-order chi connectivity index (χ1) is 5.15. The van der Waals surface area contributed by atoms with Crippen LogP contribution in [-0.4, -0.2) is 0 Å². The highest BCUT2D eigenvalue weighted by molar-refractivity contribution is 14.1. The molecule has 0 saturated heterocycles. The molecule has 1 nitrogen and oxygen atoms in total. The lowest BCUT2D eigenvalue weighted by Crippen LogP contribution is -2.00. The first-order valence-electron chi connectivity index (χ1n) is 2.98. The van der Waals surface area contributed by atoms with Crippen molar-refractivity contribution in [3.05, 3.63) is 31.6 Å². The minimum atomic E-state index is -0.252. The van der Waals surface area contributed by atoms with Crippen LogP contribution in [0.4, 0.5) is 4.39 Å². The lowest BCUT2D eigenvalue weighted by atomic mass is 10.2. The molecule has 0 bridgehead atoms. The lowest BCUT2D eigenvalue weighted by molar-refractivity contribution is 0.624. The van der Waals surface area contributed by atoms with Crippen LogP contribution in [0, 0.1) is 9.39 Å². The van der Waals surface area contributed by atoms with E-state index in [1.807, 2.05) is 0 Å². The summed E-state index contributed by atoms with van der Waals surface area (Å²) in [4.78, 5) is 0. The molecule has 1 aromatic carbocycles. The van der Waals surface area contributed by atoms with E-state index >= 15 is 0 Å². The fourth-order valence-electron chi connectivity index (χ4n) is 0.758. The van der Waals surface area contributed by atoms with Gasteiger partial charge in [0.25, 0.3) is 0 Å². The first-order valence-corrected chi connectivity index (χ1v) is 4.86. The Morgan fingerprint density at radius 1 is 1.55 bits per heavy atom. The number of hydrogen-bond acceptors (Lipinski definition) is 1. The van der Waals surface area contributed by atoms with E-state index in [1.165, 1.54) is 12.1 Å². The molecule has 0 amide bonds. The van der Waals surface area contributed by atoms with Crippen molar-refractivity contribution in [2.45, 2.75) is 6.54 Å². The van der Waals surface area contributed by atoms with E-state index < -0.39 is 0 Å². The number of benzene rings is 1. The van der Waals surface area contributed by atoms with Crippen molar-refractivity contribution in [1.82, 2.24) is 0 Å². The van der Waals surface area contributed by atoms with E-state index in [0.29, 0.717) is 6.54 Å². The summed E-state index contributed by atoms with van der Waals surface area (Å²) in [7, 11) is 0. The summed E-state index contributed by atoms with van der Waals surface area (Å²) in [5.41, 5.74) is 6.23. The Kier molecular flexibility index (Phi) is 3.27. The molecule has 60 valence electrons. The van der Waals surface area contributed by atoms with E-state index in [-0.39, 0.29) is 5.82 Å². The molecule has 0 atom stereocenters. The summed E-state index contributed by atoms with van der Waals surface area (Å²) in [5.74, 6) is -0.252. The zero-order chi connectivity index (χ0) is 8.43. The third kappa shape index (κ3) is 2.13. The maximum absolute atomic E-state index is 12.7. The summed E-state index contributed by atoms with van der Waals surface area (Å²) in [6.45, 7) is 0.370. The van der Waals surface area contributed by atoms with Gasteiger partial charge in [0.15, 0.2) is 0 Å². The average molecular weight is 330 g/mol. The number of hydrogen-bond donors (Lipinski definition) is 1. The zero-order valence-electron chi connectivity index (χ0n) is 5.57. The Labute approximate surface area is 86.4 Å². The minimum Gasteiger partial charge on any atom is -0.326 e. The quantitative estimate of drug-likeness (QED) is 0.622. The standard InChI is InChI=1S/C7H6BrFIN/c8-6-2-5(9)1-4(3-11)7(6)10/h1-2H,3,11H2. The van der Waals surface area contributed by atoms with Gasteiger partial charge in [0.2, 0.25) is 0 Å². The zero-order valence-corrected chi connectivity index (χ0v) is 9.32. The van der Waals surface area contributed by atoms with Crippen LogP contribution in [0.25, 0.3) is 0 Å². The van der Waals surface area contributed by atoms with E-state index in [0.717, 1.165) is 13.6 Å². The summed E-state index contributed by atoms with van der Waals surface area (Å²) >= 11 is 5.36. The van der Waals surface area contributed by atoms with Gasteiger partial charge in [-0.05, 0) is 56.2 Å². The van der Waals surface area contributed by atoms with E-state index in [9.17, 15) is 4.39 Å². The van der Waals surface area contributed by atoms with Crippen LogP contribution in [0.15, 0.2) is 16.6 Å². The third-order valence-electron chi connectivity index (χ3n) is 1.29. The van der Waals surface area contributed by atoms with Crippen LogP contribution in [0.3, 0.4) is 0 Å². The molecule has 4 heteroatoms. The summed E-state index contributed by atoms with van der Waals surface area (Å²) in [6, 6.07) is 2.88. The molecule has 1 rings (SSSR count). The van der Waals surface area contributed by atoms with E-state index in [1.54, 1.807) is 0 Å². The Hall–Kier alpha value is 0.320. The van der Waals surface area contributed by atoms with Gasteiger partial charge in [0.05, 0.1) is 0 Å². The van der Waals surface area contributed by atoms with Crippen LogP contribution in [-0.2, 0) is 6.54 Å². The van der Waals surface area contributed by atoms with Crippen molar-refractivity contribution < 1.29 is 4.39 Å². The van der Waals surface area contributed by atoms with Gasteiger partial charge in [-0.25, -0.2) is 4.39 Å². The summed E-state index contributed by atoms with van der Waals surface area (Å²) < 4.78 is 14.4. The van der Waals surface area contributed by atoms with E-state index in [4.69, 9.17) is 5.73 Å². The molecule has 1 aromatic rings. The van der Waals surface area contributed by atoms with Crippen molar-refractivity contribution >= 4 is 38.5 Å². The van der Waals surface area contributed by atoms with Crippen molar-refractivity contribution in [3.8, 4) is 0 Å². The van der Waals surface area contributed by atoms with Gasteiger partial charge in [0.1, 0.15) is 5.82 Å². The molecule has 0 unspecified atom stereocenters. The maximum Gasteiger partial charge on any atom is 0.124 e. The van der Waals surface area contributed by atoms with Crippen molar-refractivity contribution in [1.29, 1.82) is 0 Å². The van der Waals surface area contributed by atoms with Gasteiger partial charge < -0.3 is 5.73 Å². The maximum atomic E-state index is 12.7. The van der Waals surface area contributed by atoms with Gasteiger partial charge in [-0.2, -0.15) is 0 Å². The van der Waals surface area contributed by atoms with Crippen molar-refractivity contribution in [2.24, 2.45) is 5.73 Å². The topological polar surface area (TPSA) is 26.0 Å². The fourth-order valence-corrected chi connectivity index (χ4v) is 1.76.